The van der Waals surface area contributed by atoms with Crippen LogP contribution < -0.4 is 5.32 Å². The lowest BCUT2D eigenvalue weighted by Gasteiger charge is -2.23. The van der Waals surface area contributed by atoms with Crippen LogP contribution in [0.25, 0.3) is 0 Å². The molecule has 148 valence electrons. The number of amides is 2. The molecule has 0 bridgehead atoms. The Balaban J connectivity index is 1.43. The third kappa shape index (κ3) is 5.84. The van der Waals surface area contributed by atoms with Crippen LogP contribution in [0.1, 0.15) is 24.0 Å². The molecular formula is C22H26N2O3S. The highest BCUT2D eigenvalue weighted by Gasteiger charge is 2.34. The van der Waals surface area contributed by atoms with Gasteiger partial charge in [0.15, 0.2) is 0 Å². The molecule has 0 saturated carbocycles. The molecule has 5 nitrogen and oxygen atoms in total. The second-order valence-corrected chi connectivity index (χ2v) is 7.88. The molecule has 1 heterocycles. The molecule has 2 aromatic rings. The Labute approximate surface area is 170 Å². The quantitative estimate of drug-likeness (QED) is 0.687. The van der Waals surface area contributed by atoms with E-state index in [0.29, 0.717) is 37.7 Å². The summed E-state index contributed by atoms with van der Waals surface area (Å²) in [5, 5.41) is 2.93. The SMILES string of the molecule is Cc1cccc(NC(=O)C2CSCN2C(=O)CCCOCc2ccccc2)c1. The van der Waals surface area contributed by atoms with Crippen molar-refractivity contribution in [3.05, 3.63) is 65.7 Å². The molecule has 0 aromatic heterocycles. The lowest BCUT2D eigenvalue weighted by Crippen LogP contribution is -2.44. The van der Waals surface area contributed by atoms with Crippen molar-refractivity contribution in [2.24, 2.45) is 0 Å². The zero-order valence-electron chi connectivity index (χ0n) is 16.1. The Hall–Kier alpha value is -2.31. The predicted octanol–water partition coefficient (Wildman–Crippen LogP) is 3.83. The van der Waals surface area contributed by atoms with E-state index in [1.54, 1.807) is 16.7 Å². The predicted molar refractivity (Wildman–Crippen MR) is 113 cm³/mol. The number of anilines is 1. The minimum atomic E-state index is -0.414. The molecule has 1 unspecified atom stereocenters. The average molecular weight is 399 g/mol. The van der Waals surface area contributed by atoms with Crippen LogP contribution in [-0.4, -0.2) is 41.0 Å². The van der Waals surface area contributed by atoms with E-state index >= 15 is 0 Å². The maximum Gasteiger partial charge on any atom is 0.248 e. The normalized spacial score (nSPS) is 16.2. The number of thioether (sulfide) groups is 1. The highest BCUT2D eigenvalue weighted by atomic mass is 32.2. The van der Waals surface area contributed by atoms with E-state index in [4.69, 9.17) is 4.74 Å². The molecule has 6 heteroatoms. The number of benzene rings is 2. The lowest BCUT2D eigenvalue weighted by molar-refractivity contribution is -0.136. The topological polar surface area (TPSA) is 58.6 Å². The lowest BCUT2D eigenvalue weighted by atomic mass is 10.2. The van der Waals surface area contributed by atoms with E-state index in [-0.39, 0.29) is 11.8 Å². The van der Waals surface area contributed by atoms with Crippen LogP contribution in [0, 0.1) is 6.92 Å². The monoisotopic (exact) mass is 398 g/mol. The van der Waals surface area contributed by atoms with Crippen molar-refractivity contribution in [1.29, 1.82) is 0 Å². The number of ether oxygens (including phenoxy) is 1. The van der Waals surface area contributed by atoms with Crippen molar-refractivity contribution in [2.45, 2.75) is 32.4 Å². The van der Waals surface area contributed by atoms with Gasteiger partial charge in [-0.05, 0) is 36.6 Å². The molecule has 2 aromatic carbocycles. The van der Waals surface area contributed by atoms with Gasteiger partial charge in [0.2, 0.25) is 11.8 Å². The first-order valence-electron chi connectivity index (χ1n) is 9.50. The summed E-state index contributed by atoms with van der Waals surface area (Å²) >= 11 is 1.61. The van der Waals surface area contributed by atoms with Crippen LogP contribution in [0.15, 0.2) is 54.6 Å². The van der Waals surface area contributed by atoms with Gasteiger partial charge in [0.25, 0.3) is 0 Å². The van der Waals surface area contributed by atoms with Crippen molar-refractivity contribution in [3.8, 4) is 0 Å². The van der Waals surface area contributed by atoms with Crippen molar-refractivity contribution in [2.75, 3.05) is 23.6 Å². The fraction of sp³-hybridized carbons (Fsp3) is 0.364. The van der Waals surface area contributed by atoms with Crippen LogP contribution in [0.5, 0.6) is 0 Å². The second kappa shape index (κ2) is 10.3. The van der Waals surface area contributed by atoms with Crippen LogP contribution in [0.2, 0.25) is 0 Å². The summed E-state index contributed by atoms with van der Waals surface area (Å²) < 4.78 is 5.64. The van der Waals surface area contributed by atoms with Gasteiger partial charge in [-0.2, -0.15) is 0 Å². The van der Waals surface area contributed by atoms with E-state index in [0.717, 1.165) is 16.8 Å². The number of carbonyl (C=O) groups excluding carboxylic acids is 2. The molecule has 28 heavy (non-hydrogen) atoms. The van der Waals surface area contributed by atoms with Gasteiger partial charge in [0.1, 0.15) is 6.04 Å². The summed E-state index contributed by atoms with van der Waals surface area (Å²) in [4.78, 5) is 26.9. The summed E-state index contributed by atoms with van der Waals surface area (Å²) in [6, 6.07) is 17.2. The minimum absolute atomic E-state index is 0.0118. The standard InChI is InChI=1S/C22H26N2O3S/c1-17-7-5-10-19(13-17)23-22(26)20-15-28-16-24(20)21(25)11-6-12-27-14-18-8-3-2-4-9-18/h2-5,7-10,13,20H,6,11-12,14-16H2,1H3,(H,23,26). The van der Waals surface area contributed by atoms with Crippen LogP contribution >= 0.6 is 11.8 Å². The van der Waals surface area contributed by atoms with E-state index in [9.17, 15) is 9.59 Å². The van der Waals surface area contributed by atoms with Crippen molar-refractivity contribution >= 4 is 29.3 Å². The van der Waals surface area contributed by atoms with Gasteiger partial charge in [-0.25, -0.2) is 0 Å². The summed E-state index contributed by atoms with van der Waals surface area (Å²) in [5.74, 6) is 1.09. The van der Waals surface area contributed by atoms with Gasteiger partial charge in [-0.15, -0.1) is 11.8 Å². The van der Waals surface area contributed by atoms with E-state index in [2.05, 4.69) is 5.32 Å². The van der Waals surface area contributed by atoms with Crippen LogP contribution in [0.3, 0.4) is 0 Å². The fourth-order valence-corrected chi connectivity index (χ4v) is 4.27. The molecule has 2 amide bonds. The summed E-state index contributed by atoms with van der Waals surface area (Å²) in [6.45, 7) is 3.06. The Morgan fingerprint density at radius 3 is 2.79 bits per heavy atom. The van der Waals surface area contributed by atoms with Crippen molar-refractivity contribution in [3.63, 3.8) is 0 Å². The highest BCUT2D eigenvalue weighted by Crippen LogP contribution is 2.23. The Kier molecular flexibility index (Phi) is 7.51. The summed E-state index contributed by atoms with van der Waals surface area (Å²) in [6.07, 6.45) is 1.04. The fourth-order valence-electron chi connectivity index (χ4n) is 3.09. The first kappa shape index (κ1) is 20.4. The largest absolute Gasteiger partial charge is 0.377 e. The Morgan fingerprint density at radius 2 is 2.00 bits per heavy atom. The molecule has 1 saturated heterocycles. The van der Waals surface area contributed by atoms with Crippen LogP contribution in [0.4, 0.5) is 5.69 Å². The molecule has 3 rings (SSSR count). The average Bonchev–Trinajstić information content (AvgIpc) is 3.18. The maximum absolute atomic E-state index is 12.6. The molecule has 0 spiro atoms. The molecule has 0 radical (unpaired) electrons. The molecule has 0 aliphatic carbocycles. The number of hydrogen-bond acceptors (Lipinski definition) is 4. The van der Waals surface area contributed by atoms with Crippen LogP contribution in [-0.2, 0) is 20.9 Å². The number of carbonyl (C=O) groups is 2. The zero-order chi connectivity index (χ0) is 19.8. The summed E-state index contributed by atoms with van der Waals surface area (Å²) in [5.41, 5.74) is 2.98. The molecule has 1 N–H and O–H groups in total. The van der Waals surface area contributed by atoms with Crippen molar-refractivity contribution in [1.82, 2.24) is 4.90 Å². The Bertz CT molecular complexity index is 797. The number of nitrogens with zero attached hydrogens (tertiary/aromatic N) is 1. The minimum Gasteiger partial charge on any atom is -0.377 e. The van der Waals surface area contributed by atoms with Gasteiger partial charge in [-0.3, -0.25) is 9.59 Å². The third-order valence-electron chi connectivity index (χ3n) is 4.58. The molecule has 1 aliphatic rings. The second-order valence-electron chi connectivity index (χ2n) is 6.88. The van der Waals surface area contributed by atoms with Gasteiger partial charge < -0.3 is 15.0 Å². The first-order valence-corrected chi connectivity index (χ1v) is 10.7. The maximum atomic E-state index is 12.6. The molecule has 1 fully saturated rings. The molecule has 1 atom stereocenters. The number of nitrogens with one attached hydrogen (secondary N) is 1. The number of aryl methyl sites for hydroxylation is 1. The summed E-state index contributed by atoms with van der Waals surface area (Å²) in [7, 11) is 0. The highest BCUT2D eigenvalue weighted by molar-refractivity contribution is 7.99. The number of hydrogen-bond donors (Lipinski definition) is 1. The van der Waals surface area contributed by atoms with Gasteiger partial charge in [0, 0.05) is 24.5 Å². The van der Waals surface area contributed by atoms with Gasteiger partial charge >= 0.3 is 0 Å². The van der Waals surface area contributed by atoms with Gasteiger partial charge in [-0.1, -0.05) is 42.5 Å². The first-order chi connectivity index (χ1) is 13.6. The smallest absolute Gasteiger partial charge is 0.248 e. The van der Waals surface area contributed by atoms with Crippen molar-refractivity contribution < 1.29 is 14.3 Å². The number of rotatable bonds is 8. The van der Waals surface area contributed by atoms with E-state index in [1.807, 2.05) is 61.5 Å². The zero-order valence-corrected chi connectivity index (χ0v) is 16.9. The Morgan fingerprint density at radius 1 is 1.18 bits per heavy atom. The van der Waals surface area contributed by atoms with E-state index in [1.165, 1.54) is 0 Å². The van der Waals surface area contributed by atoms with E-state index < -0.39 is 6.04 Å². The molecule has 1 aliphatic heterocycles. The van der Waals surface area contributed by atoms with Gasteiger partial charge in [0.05, 0.1) is 12.5 Å². The molecular weight excluding hydrogens is 372 g/mol. The third-order valence-corrected chi connectivity index (χ3v) is 5.59.